The first-order chi connectivity index (χ1) is 11.6. The molecule has 0 bridgehead atoms. The van der Waals surface area contributed by atoms with Gasteiger partial charge in [-0.15, -0.1) is 0 Å². The third-order valence-electron chi connectivity index (χ3n) is 4.56. The highest BCUT2D eigenvalue weighted by atomic mass is 19.1. The summed E-state index contributed by atoms with van der Waals surface area (Å²) in [6.07, 6.45) is 2.60. The van der Waals surface area contributed by atoms with E-state index in [1.165, 1.54) is 11.6 Å². The lowest BCUT2D eigenvalue weighted by Crippen LogP contribution is -2.41. The fourth-order valence-electron chi connectivity index (χ4n) is 3.00. The summed E-state index contributed by atoms with van der Waals surface area (Å²) in [6.45, 7) is 0.639. The van der Waals surface area contributed by atoms with Crippen LogP contribution in [0.3, 0.4) is 0 Å². The van der Waals surface area contributed by atoms with Crippen molar-refractivity contribution in [2.75, 3.05) is 6.54 Å². The number of nitrogens with one attached hydrogen (secondary N) is 1. The summed E-state index contributed by atoms with van der Waals surface area (Å²) in [4.78, 5) is 11.8. The van der Waals surface area contributed by atoms with Crippen molar-refractivity contribution in [1.29, 1.82) is 0 Å². The van der Waals surface area contributed by atoms with Crippen molar-refractivity contribution in [3.8, 4) is 11.1 Å². The summed E-state index contributed by atoms with van der Waals surface area (Å²) >= 11 is 0. The summed E-state index contributed by atoms with van der Waals surface area (Å²) in [5.41, 5.74) is 2.65. The minimum absolute atomic E-state index is 0.0138. The van der Waals surface area contributed by atoms with Crippen LogP contribution in [0, 0.1) is 11.7 Å². The number of halogens is 1. The van der Waals surface area contributed by atoms with Crippen LogP contribution >= 0.6 is 0 Å². The van der Waals surface area contributed by atoms with Crippen LogP contribution in [0.4, 0.5) is 4.39 Å². The molecule has 4 heteroatoms. The molecule has 0 unspecified atom stereocenters. The Morgan fingerprint density at radius 1 is 1.12 bits per heavy atom. The summed E-state index contributed by atoms with van der Waals surface area (Å²) in [5, 5.41) is 12.1. The second-order valence-corrected chi connectivity index (χ2v) is 6.39. The molecule has 126 valence electrons. The van der Waals surface area contributed by atoms with E-state index < -0.39 is 0 Å². The first kappa shape index (κ1) is 16.7. The Balaban J connectivity index is 1.45. The number of aryl methyl sites for hydroxylation is 1. The van der Waals surface area contributed by atoms with Crippen LogP contribution in [0.5, 0.6) is 0 Å². The highest BCUT2D eigenvalue weighted by Gasteiger charge is 2.32. The van der Waals surface area contributed by atoms with Crippen LogP contribution in [0.1, 0.15) is 24.8 Å². The molecule has 0 atom stereocenters. The van der Waals surface area contributed by atoms with Gasteiger partial charge in [0, 0.05) is 18.0 Å². The molecule has 1 amide bonds. The standard InChI is InChI=1S/C20H22FNO2/c21-19-6-2-1-5-18(19)15-9-7-14(8-10-15)4-3-11-22-20(24)16-12-17(23)13-16/h1-2,5-10,16-17,23H,3-4,11-13H2,(H,22,24)/t16-,17+. The molecule has 0 spiro atoms. The second kappa shape index (κ2) is 7.58. The number of hydrogen-bond donors (Lipinski definition) is 2. The molecule has 0 heterocycles. The van der Waals surface area contributed by atoms with Gasteiger partial charge in [0.15, 0.2) is 0 Å². The number of benzene rings is 2. The Hall–Kier alpha value is -2.20. The maximum absolute atomic E-state index is 13.8. The second-order valence-electron chi connectivity index (χ2n) is 6.39. The highest BCUT2D eigenvalue weighted by Crippen LogP contribution is 2.27. The maximum Gasteiger partial charge on any atom is 0.223 e. The van der Waals surface area contributed by atoms with Crippen molar-refractivity contribution in [2.45, 2.75) is 31.8 Å². The van der Waals surface area contributed by atoms with Crippen LogP contribution in [-0.2, 0) is 11.2 Å². The summed E-state index contributed by atoms with van der Waals surface area (Å²) in [6, 6.07) is 14.6. The lowest BCUT2D eigenvalue weighted by Gasteiger charge is -2.29. The number of amides is 1. The molecular formula is C20H22FNO2. The van der Waals surface area contributed by atoms with E-state index in [4.69, 9.17) is 0 Å². The van der Waals surface area contributed by atoms with Gasteiger partial charge in [-0.05, 0) is 42.9 Å². The molecule has 2 N–H and O–H groups in total. The van der Waals surface area contributed by atoms with Crippen LogP contribution in [-0.4, -0.2) is 23.7 Å². The van der Waals surface area contributed by atoms with Crippen molar-refractivity contribution >= 4 is 5.91 Å². The molecule has 3 rings (SSSR count). The zero-order valence-corrected chi connectivity index (χ0v) is 13.5. The zero-order chi connectivity index (χ0) is 16.9. The molecule has 2 aromatic carbocycles. The average Bonchev–Trinajstić information content (AvgIpc) is 2.57. The molecule has 0 aliphatic heterocycles. The van der Waals surface area contributed by atoms with Gasteiger partial charge in [0.05, 0.1) is 6.10 Å². The molecule has 3 nitrogen and oxygen atoms in total. The molecule has 1 aliphatic carbocycles. The van der Waals surface area contributed by atoms with Crippen LogP contribution in [0.15, 0.2) is 48.5 Å². The van der Waals surface area contributed by atoms with E-state index in [1.807, 2.05) is 30.3 Å². The van der Waals surface area contributed by atoms with Crippen molar-refractivity contribution < 1.29 is 14.3 Å². The SMILES string of the molecule is O=C(NCCCc1ccc(-c2ccccc2F)cc1)[C@H]1C[C@@H](O)C1. The van der Waals surface area contributed by atoms with E-state index in [-0.39, 0.29) is 23.7 Å². The summed E-state index contributed by atoms with van der Waals surface area (Å²) < 4.78 is 13.8. The van der Waals surface area contributed by atoms with Crippen LogP contribution < -0.4 is 5.32 Å². The smallest absolute Gasteiger partial charge is 0.223 e. The number of hydrogen-bond acceptors (Lipinski definition) is 2. The van der Waals surface area contributed by atoms with Gasteiger partial charge < -0.3 is 10.4 Å². The largest absolute Gasteiger partial charge is 0.393 e. The molecule has 24 heavy (non-hydrogen) atoms. The maximum atomic E-state index is 13.8. The van der Waals surface area contributed by atoms with Crippen molar-refractivity contribution in [3.63, 3.8) is 0 Å². The number of aliphatic hydroxyl groups excluding tert-OH is 1. The Morgan fingerprint density at radius 3 is 2.50 bits per heavy atom. The molecule has 2 aromatic rings. The van der Waals surface area contributed by atoms with Crippen molar-refractivity contribution in [1.82, 2.24) is 5.32 Å². The normalized spacial score (nSPS) is 19.6. The van der Waals surface area contributed by atoms with Gasteiger partial charge >= 0.3 is 0 Å². The van der Waals surface area contributed by atoms with E-state index in [0.717, 1.165) is 18.4 Å². The van der Waals surface area contributed by atoms with Crippen molar-refractivity contribution in [2.24, 2.45) is 5.92 Å². The zero-order valence-electron chi connectivity index (χ0n) is 13.5. The molecule has 0 saturated heterocycles. The molecule has 1 fully saturated rings. The number of aliphatic hydroxyl groups is 1. The lowest BCUT2D eigenvalue weighted by atomic mass is 9.82. The highest BCUT2D eigenvalue weighted by molar-refractivity contribution is 5.79. The Labute approximate surface area is 141 Å². The molecule has 0 radical (unpaired) electrons. The van der Waals surface area contributed by atoms with Crippen LogP contribution in [0.25, 0.3) is 11.1 Å². The van der Waals surface area contributed by atoms with Gasteiger partial charge in [-0.25, -0.2) is 4.39 Å². The summed E-state index contributed by atoms with van der Waals surface area (Å²) in [5.74, 6) is -0.177. The van der Waals surface area contributed by atoms with E-state index in [2.05, 4.69) is 5.32 Å². The summed E-state index contributed by atoms with van der Waals surface area (Å²) in [7, 11) is 0. The third kappa shape index (κ3) is 4.01. The van der Waals surface area contributed by atoms with Gasteiger partial charge in [-0.2, -0.15) is 0 Å². The van der Waals surface area contributed by atoms with Gasteiger partial charge in [0.2, 0.25) is 5.91 Å². The first-order valence-electron chi connectivity index (χ1n) is 8.43. The van der Waals surface area contributed by atoms with Gasteiger partial charge in [0.1, 0.15) is 5.82 Å². The minimum Gasteiger partial charge on any atom is -0.393 e. The van der Waals surface area contributed by atoms with Crippen LogP contribution in [0.2, 0.25) is 0 Å². The molecular weight excluding hydrogens is 305 g/mol. The Kier molecular flexibility index (Phi) is 5.26. The van der Waals surface area contributed by atoms with E-state index in [0.29, 0.717) is 24.9 Å². The van der Waals surface area contributed by atoms with Gasteiger partial charge in [-0.3, -0.25) is 4.79 Å². The van der Waals surface area contributed by atoms with Gasteiger partial charge in [-0.1, -0.05) is 42.5 Å². The minimum atomic E-state index is -0.297. The molecule has 1 aliphatic rings. The Bertz CT molecular complexity index is 693. The number of rotatable bonds is 6. The average molecular weight is 327 g/mol. The predicted molar refractivity (Wildman–Crippen MR) is 91.9 cm³/mol. The first-order valence-corrected chi connectivity index (χ1v) is 8.43. The van der Waals surface area contributed by atoms with E-state index in [9.17, 15) is 14.3 Å². The lowest BCUT2D eigenvalue weighted by molar-refractivity contribution is -0.131. The monoisotopic (exact) mass is 327 g/mol. The number of carbonyl (C=O) groups is 1. The molecule has 0 aromatic heterocycles. The van der Waals surface area contributed by atoms with Crippen molar-refractivity contribution in [3.05, 3.63) is 59.9 Å². The van der Waals surface area contributed by atoms with E-state index >= 15 is 0 Å². The third-order valence-corrected chi connectivity index (χ3v) is 4.56. The molecule has 1 saturated carbocycles. The quantitative estimate of drug-likeness (QED) is 0.800. The topological polar surface area (TPSA) is 49.3 Å². The van der Waals surface area contributed by atoms with Gasteiger partial charge in [0.25, 0.3) is 0 Å². The predicted octanol–water partition coefficient (Wildman–Crippen LogP) is 3.31. The Morgan fingerprint density at radius 2 is 1.83 bits per heavy atom. The fraction of sp³-hybridized carbons (Fsp3) is 0.350. The fourth-order valence-corrected chi connectivity index (χ4v) is 3.00. The van der Waals surface area contributed by atoms with E-state index in [1.54, 1.807) is 12.1 Å². The number of carbonyl (C=O) groups excluding carboxylic acids is 1.